The third kappa shape index (κ3) is 5.39. The Bertz CT molecular complexity index is 3840. The van der Waals surface area contributed by atoms with E-state index in [9.17, 15) is 0 Å². The van der Waals surface area contributed by atoms with Gasteiger partial charge in [-0.1, -0.05) is 166 Å². The number of hydrogen-bond acceptors (Lipinski definition) is 4. The lowest BCUT2D eigenvalue weighted by molar-refractivity contribution is 0.660. The van der Waals surface area contributed by atoms with Crippen LogP contribution in [0.4, 0.5) is 0 Å². The van der Waals surface area contributed by atoms with E-state index in [4.69, 9.17) is 19.4 Å². The Hall–Kier alpha value is -8.15. The minimum Gasteiger partial charge on any atom is -0.456 e. The molecule has 5 nitrogen and oxygen atoms in total. The molecule has 5 heteroatoms. The van der Waals surface area contributed by atoms with Gasteiger partial charge in [0, 0.05) is 54.9 Å². The maximum Gasteiger partial charge on any atom is 0.164 e. The van der Waals surface area contributed by atoms with Crippen LogP contribution in [0, 0.1) is 0 Å². The molecular weight excluding hydrogens is 769 g/mol. The van der Waals surface area contributed by atoms with E-state index < -0.39 is 0 Å². The summed E-state index contributed by atoms with van der Waals surface area (Å²) in [7, 11) is 0. The van der Waals surface area contributed by atoms with Crippen LogP contribution in [-0.2, 0) is 5.41 Å². The van der Waals surface area contributed by atoms with E-state index in [1.54, 1.807) is 0 Å². The van der Waals surface area contributed by atoms with Crippen LogP contribution in [0.5, 0.6) is 0 Å². The van der Waals surface area contributed by atoms with Gasteiger partial charge in [-0.15, -0.1) is 0 Å². The zero-order valence-electron chi connectivity index (χ0n) is 34.7. The Morgan fingerprint density at radius 1 is 0.413 bits per heavy atom. The van der Waals surface area contributed by atoms with Gasteiger partial charge in [0.25, 0.3) is 0 Å². The number of aromatic nitrogens is 4. The average molecular weight is 807 g/mol. The van der Waals surface area contributed by atoms with Gasteiger partial charge < -0.3 is 8.98 Å². The zero-order chi connectivity index (χ0) is 41.8. The van der Waals surface area contributed by atoms with Gasteiger partial charge in [-0.25, -0.2) is 15.0 Å². The Labute approximate surface area is 363 Å². The Morgan fingerprint density at radius 2 is 1.05 bits per heavy atom. The predicted molar refractivity (Wildman–Crippen MR) is 258 cm³/mol. The molecule has 1 aliphatic rings. The van der Waals surface area contributed by atoms with Crippen molar-refractivity contribution in [1.82, 2.24) is 19.5 Å². The normalized spacial score (nSPS) is 13.0. The fourth-order valence-electron chi connectivity index (χ4n) is 10.2. The zero-order valence-corrected chi connectivity index (χ0v) is 34.7. The summed E-state index contributed by atoms with van der Waals surface area (Å²) in [6.45, 7) is 4.70. The first-order valence-corrected chi connectivity index (χ1v) is 21.5. The fraction of sp³-hybridized carbons (Fsp3) is 0.0517. The van der Waals surface area contributed by atoms with E-state index >= 15 is 0 Å². The van der Waals surface area contributed by atoms with Gasteiger partial charge in [0.15, 0.2) is 17.5 Å². The number of para-hydroxylation sites is 2. The summed E-state index contributed by atoms with van der Waals surface area (Å²) in [6, 6.07) is 69.1. The first-order chi connectivity index (χ1) is 31.0. The molecular formula is C58H38N4O. The van der Waals surface area contributed by atoms with Crippen LogP contribution in [0.1, 0.15) is 25.0 Å². The molecule has 63 heavy (non-hydrogen) atoms. The van der Waals surface area contributed by atoms with Crippen molar-refractivity contribution in [2.45, 2.75) is 19.3 Å². The molecule has 0 spiro atoms. The Balaban J connectivity index is 1.03. The number of benzene rings is 9. The lowest BCUT2D eigenvalue weighted by atomic mass is 9.81. The van der Waals surface area contributed by atoms with Crippen LogP contribution in [0.2, 0.25) is 0 Å². The highest BCUT2D eigenvalue weighted by atomic mass is 16.3. The second kappa shape index (κ2) is 13.4. The molecule has 1 aliphatic carbocycles. The van der Waals surface area contributed by atoms with Crippen molar-refractivity contribution in [1.29, 1.82) is 0 Å². The van der Waals surface area contributed by atoms with Gasteiger partial charge in [0.1, 0.15) is 11.2 Å². The van der Waals surface area contributed by atoms with E-state index in [-0.39, 0.29) is 5.41 Å². The van der Waals surface area contributed by atoms with Crippen LogP contribution in [0.3, 0.4) is 0 Å². The highest BCUT2D eigenvalue weighted by Crippen LogP contribution is 2.50. The highest BCUT2D eigenvalue weighted by molar-refractivity contribution is 6.23. The molecule has 0 bridgehead atoms. The molecule has 12 aromatic rings. The lowest BCUT2D eigenvalue weighted by Gasteiger charge is -2.22. The van der Waals surface area contributed by atoms with Crippen LogP contribution in [0.15, 0.2) is 199 Å². The van der Waals surface area contributed by atoms with Crippen LogP contribution in [-0.4, -0.2) is 19.5 Å². The highest BCUT2D eigenvalue weighted by Gasteiger charge is 2.35. The molecule has 0 radical (unpaired) electrons. The lowest BCUT2D eigenvalue weighted by Crippen LogP contribution is -2.14. The van der Waals surface area contributed by atoms with Crippen molar-refractivity contribution < 1.29 is 4.42 Å². The minimum absolute atomic E-state index is 0.118. The van der Waals surface area contributed by atoms with Crippen molar-refractivity contribution in [2.24, 2.45) is 0 Å². The average Bonchev–Trinajstić information content (AvgIpc) is 3.97. The molecule has 9 aromatic carbocycles. The largest absolute Gasteiger partial charge is 0.456 e. The number of nitrogens with zero attached hydrogens (tertiary/aromatic N) is 4. The quantitative estimate of drug-likeness (QED) is 0.174. The van der Waals surface area contributed by atoms with Gasteiger partial charge in [-0.3, -0.25) is 0 Å². The molecule has 0 atom stereocenters. The van der Waals surface area contributed by atoms with Crippen LogP contribution in [0.25, 0.3) is 117 Å². The van der Waals surface area contributed by atoms with Crippen molar-refractivity contribution in [3.8, 4) is 62.1 Å². The third-order valence-electron chi connectivity index (χ3n) is 13.2. The smallest absolute Gasteiger partial charge is 0.164 e. The summed E-state index contributed by atoms with van der Waals surface area (Å²) in [6.07, 6.45) is 0. The number of hydrogen-bond donors (Lipinski definition) is 0. The molecule has 0 unspecified atom stereocenters. The van der Waals surface area contributed by atoms with Crippen molar-refractivity contribution in [2.75, 3.05) is 0 Å². The summed E-state index contributed by atoms with van der Waals surface area (Å²) < 4.78 is 8.76. The van der Waals surface area contributed by atoms with Gasteiger partial charge in [0.2, 0.25) is 0 Å². The molecule has 0 fully saturated rings. The second-order valence-corrected chi connectivity index (χ2v) is 17.2. The van der Waals surface area contributed by atoms with E-state index in [0.717, 1.165) is 55.3 Å². The maximum atomic E-state index is 6.31. The topological polar surface area (TPSA) is 56.7 Å². The summed E-state index contributed by atoms with van der Waals surface area (Å²) in [5, 5.41) is 7.04. The summed E-state index contributed by atoms with van der Waals surface area (Å²) >= 11 is 0. The monoisotopic (exact) mass is 806 g/mol. The summed E-state index contributed by atoms with van der Waals surface area (Å²) in [5.41, 5.74) is 15.3. The standard InChI is InChI=1S/C58H38N4O/c1-58(2)48-24-10-8-20-43(48)44-29-26-37(33-49(44)58)42-22-13-23-47-53-41-19-7-6-14-35(41)28-31-50(53)62(54(42)47)40-18-12-17-38(32-40)56-59-55(36-15-4-3-5-16-36)60-57(61-56)39-27-30-46-45-21-9-11-25-51(45)63-52(46)34-39/h3-34H,1-2H3. The molecule has 0 N–H and O–H groups in total. The van der Waals surface area contributed by atoms with Gasteiger partial charge in [-0.2, -0.15) is 0 Å². The van der Waals surface area contributed by atoms with E-state index in [2.05, 4.69) is 158 Å². The van der Waals surface area contributed by atoms with Crippen molar-refractivity contribution in [3.63, 3.8) is 0 Å². The third-order valence-corrected chi connectivity index (χ3v) is 13.2. The summed E-state index contributed by atoms with van der Waals surface area (Å²) in [4.78, 5) is 15.4. The number of fused-ring (bicyclic) bond motifs is 11. The summed E-state index contributed by atoms with van der Waals surface area (Å²) in [5.74, 6) is 1.79. The second-order valence-electron chi connectivity index (χ2n) is 17.2. The van der Waals surface area contributed by atoms with Gasteiger partial charge >= 0.3 is 0 Å². The number of rotatable bonds is 5. The minimum atomic E-state index is -0.118. The van der Waals surface area contributed by atoms with E-state index in [0.29, 0.717) is 17.5 Å². The predicted octanol–water partition coefficient (Wildman–Crippen LogP) is 15.0. The first kappa shape index (κ1) is 35.6. The molecule has 0 saturated carbocycles. The fourth-order valence-corrected chi connectivity index (χ4v) is 10.2. The van der Waals surface area contributed by atoms with E-state index in [1.807, 2.05) is 54.6 Å². The molecule has 3 heterocycles. The molecule has 0 amide bonds. The molecule has 296 valence electrons. The number of furan rings is 1. The maximum absolute atomic E-state index is 6.31. The van der Waals surface area contributed by atoms with Crippen LogP contribution < -0.4 is 0 Å². The SMILES string of the molecule is CC1(C)c2ccccc2-c2ccc(-c3cccc4c5c6ccccc6ccc5n(-c5cccc(-c6nc(-c7ccccc7)nc(-c7ccc8c(c7)oc7ccccc78)n6)c5)c34)cc21. The van der Waals surface area contributed by atoms with Crippen LogP contribution >= 0.6 is 0 Å². The van der Waals surface area contributed by atoms with E-state index in [1.165, 1.54) is 54.9 Å². The molecule has 13 rings (SSSR count). The van der Waals surface area contributed by atoms with Gasteiger partial charge in [-0.05, 0) is 81.1 Å². The first-order valence-electron chi connectivity index (χ1n) is 21.5. The van der Waals surface area contributed by atoms with Crippen molar-refractivity contribution in [3.05, 3.63) is 205 Å². The molecule has 0 aliphatic heterocycles. The molecule has 0 saturated heterocycles. The Morgan fingerprint density at radius 3 is 1.92 bits per heavy atom. The van der Waals surface area contributed by atoms with Gasteiger partial charge in [0.05, 0.1) is 11.0 Å². The Kier molecular flexibility index (Phi) is 7.58. The van der Waals surface area contributed by atoms with Crippen molar-refractivity contribution >= 4 is 54.5 Å². The molecule has 3 aromatic heterocycles.